The standard InChI is InChI=1S/C12H25NO5S/c1-16-5-2-6-17-8-9-18-7-4-13-12-3-10-19(14,15)11-12/h12-13H,2-11H2,1H3. The lowest BCUT2D eigenvalue weighted by molar-refractivity contribution is 0.0404. The van der Waals surface area contributed by atoms with Crippen LogP contribution in [0.4, 0.5) is 0 Å². The topological polar surface area (TPSA) is 73.9 Å². The van der Waals surface area contributed by atoms with Crippen molar-refractivity contribution in [1.29, 1.82) is 0 Å². The first-order valence-electron chi connectivity index (χ1n) is 6.72. The van der Waals surface area contributed by atoms with Crippen molar-refractivity contribution in [3.05, 3.63) is 0 Å². The first-order chi connectivity index (χ1) is 9.14. The minimum absolute atomic E-state index is 0.0962. The summed E-state index contributed by atoms with van der Waals surface area (Å²) in [6.07, 6.45) is 1.61. The van der Waals surface area contributed by atoms with Crippen LogP contribution in [-0.2, 0) is 24.0 Å². The SMILES string of the molecule is COCCCOCCOCCNC1CCS(=O)(=O)C1. The van der Waals surface area contributed by atoms with Crippen LogP contribution in [0.3, 0.4) is 0 Å². The van der Waals surface area contributed by atoms with E-state index in [2.05, 4.69) is 5.32 Å². The lowest BCUT2D eigenvalue weighted by Crippen LogP contribution is -2.33. The summed E-state index contributed by atoms with van der Waals surface area (Å²) >= 11 is 0. The summed E-state index contributed by atoms with van der Waals surface area (Å²) in [5.41, 5.74) is 0. The minimum Gasteiger partial charge on any atom is -0.385 e. The molecule has 0 radical (unpaired) electrons. The van der Waals surface area contributed by atoms with E-state index in [-0.39, 0.29) is 11.8 Å². The van der Waals surface area contributed by atoms with E-state index in [4.69, 9.17) is 14.2 Å². The molecule has 0 aromatic rings. The summed E-state index contributed by atoms with van der Waals surface area (Å²) in [7, 11) is -1.12. The lowest BCUT2D eigenvalue weighted by atomic mass is 10.3. The van der Waals surface area contributed by atoms with Crippen LogP contribution in [0, 0.1) is 0 Å². The van der Waals surface area contributed by atoms with E-state index < -0.39 is 9.84 Å². The zero-order valence-corrected chi connectivity index (χ0v) is 12.4. The van der Waals surface area contributed by atoms with Crippen LogP contribution in [0.25, 0.3) is 0 Å². The van der Waals surface area contributed by atoms with Crippen LogP contribution in [0.5, 0.6) is 0 Å². The van der Waals surface area contributed by atoms with E-state index in [9.17, 15) is 8.42 Å². The molecule has 7 heteroatoms. The van der Waals surface area contributed by atoms with Crippen molar-refractivity contribution in [2.75, 3.05) is 58.2 Å². The predicted octanol–water partition coefficient (Wildman–Crippen LogP) is -0.167. The van der Waals surface area contributed by atoms with Crippen LogP contribution in [0.15, 0.2) is 0 Å². The monoisotopic (exact) mass is 295 g/mol. The molecule has 114 valence electrons. The Hall–Kier alpha value is -0.210. The predicted molar refractivity (Wildman–Crippen MR) is 73.2 cm³/mol. The number of hydrogen-bond donors (Lipinski definition) is 1. The molecule has 1 fully saturated rings. The number of ether oxygens (including phenoxy) is 3. The number of hydrogen-bond acceptors (Lipinski definition) is 6. The number of sulfone groups is 1. The van der Waals surface area contributed by atoms with Gasteiger partial charge >= 0.3 is 0 Å². The third kappa shape index (κ3) is 8.54. The molecule has 0 amide bonds. The number of rotatable bonds is 11. The summed E-state index contributed by atoms with van der Waals surface area (Å²) in [6.45, 7) is 3.82. The Kier molecular flexibility index (Phi) is 8.56. The van der Waals surface area contributed by atoms with Crippen molar-refractivity contribution in [3.63, 3.8) is 0 Å². The van der Waals surface area contributed by atoms with Crippen molar-refractivity contribution in [2.24, 2.45) is 0 Å². The number of nitrogens with one attached hydrogen (secondary N) is 1. The van der Waals surface area contributed by atoms with E-state index >= 15 is 0 Å². The van der Waals surface area contributed by atoms with Crippen LogP contribution in [-0.4, -0.2) is 72.7 Å². The fourth-order valence-corrected chi connectivity index (χ4v) is 3.63. The second-order valence-corrected chi connectivity index (χ2v) is 6.85. The van der Waals surface area contributed by atoms with Crippen LogP contribution >= 0.6 is 0 Å². The van der Waals surface area contributed by atoms with E-state index in [1.807, 2.05) is 0 Å². The largest absolute Gasteiger partial charge is 0.385 e. The second-order valence-electron chi connectivity index (χ2n) is 4.63. The smallest absolute Gasteiger partial charge is 0.151 e. The molecule has 1 saturated heterocycles. The average Bonchev–Trinajstić information content (AvgIpc) is 2.71. The van der Waals surface area contributed by atoms with Gasteiger partial charge < -0.3 is 19.5 Å². The maximum Gasteiger partial charge on any atom is 0.151 e. The molecule has 0 bridgehead atoms. The van der Waals surface area contributed by atoms with Gasteiger partial charge in [0.1, 0.15) is 0 Å². The Morgan fingerprint density at radius 2 is 1.84 bits per heavy atom. The van der Waals surface area contributed by atoms with Gasteiger partial charge in [-0.05, 0) is 12.8 Å². The maximum atomic E-state index is 11.2. The maximum absolute atomic E-state index is 11.2. The van der Waals surface area contributed by atoms with Gasteiger partial charge in [-0.1, -0.05) is 0 Å². The van der Waals surface area contributed by atoms with Gasteiger partial charge in [0.15, 0.2) is 9.84 Å². The molecule has 1 heterocycles. The lowest BCUT2D eigenvalue weighted by Gasteiger charge is -2.10. The molecule has 0 saturated carbocycles. The Labute approximate surface area is 115 Å². The molecular formula is C12H25NO5S. The average molecular weight is 295 g/mol. The van der Waals surface area contributed by atoms with E-state index in [0.717, 1.165) is 13.0 Å². The summed E-state index contributed by atoms with van der Waals surface area (Å²) in [5.74, 6) is 0.566. The summed E-state index contributed by atoms with van der Waals surface area (Å²) < 4.78 is 38.1. The molecule has 1 N–H and O–H groups in total. The van der Waals surface area contributed by atoms with E-state index in [0.29, 0.717) is 45.1 Å². The summed E-state index contributed by atoms with van der Waals surface area (Å²) in [5, 5.41) is 3.19. The van der Waals surface area contributed by atoms with Crippen molar-refractivity contribution >= 4 is 9.84 Å². The normalized spacial score (nSPS) is 21.8. The highest BCUT2D eigenvalue weighted by atomic mass is 32.2. The second kappa shape index (κ2) is 9.66. The first-order valence-corrected chi connectivity index (χ1v) is 8.54. The van der Waals surface area contributed by atoms with Gasteiger partial charge in [0.2, 0.25) is 0 Å². The van der Waals surface area contributed by atoms with Gasteiger partial charge in [-0.3, -0.25) is 0 Å². The molecular weight excluding hydrogens is 270 g/mol. The van der Waals surface area contributed by atoms with Gasteiger partial charge in [0.25, 0.3) is 0 Å². The zero-order chi connectivity index (χ0) is 14.0. The molecule has 0 aliphatic carbocycles. The van der Waals surface area contributed by atoms with Gasteiger partial charge in [-0.25, -0.2) is 8.42 Å². The van der Waals surface area contributed by atoms with E-state index in [1.165, 1.54) is 0 Å². The molecule has 1 aliphatic heterocycles. The molecule has 1 rings (SSSR count). The third-order valence-corrected chi connectivity index (χ3v) is 4.69. The van der Waals surface area contributed by atoms with Crippen molar-refractivity contribution in [2.45, 2.75) is 18.9 Å². The van der Waals surface area contributed by atoms with Crippen LogP contribution in [0.2, 0.25) is 0 Å². The molecule has 1 unspecified atom stereocenters. The highest BCUT2D eigenvalue weighted by molar-refractivity contribution is 7.91. The molecule has 19 heavy (non-hydrogen) atoms. The first kappa shape index (κ1) is 16.8. The van der Waals surface area contributed by atoms with E-state index in [1.54, 1.807) is 7.11 Å². The van der Waals surface area contributed by atoms with Gasteiger partial charge in [0, 0.05) is 32.9 Å². The number of methoxy groups -OCH3 is 1. The highest BCUT2D eigenvalue weighted by Crippen LogP contribution is 2.10. The van der Waals surface area contributed by atoms with Crippen LogP contribution < -0.4 is 5.32 Å². The summed E-state index contributed by atoms with van der Waals surface area (Å²) in [4.78, 5) is 0. The van der Waals surface area contributed by atoms with Crippen molar-refractivity contribution in [1.82, 2.24) is 5.32 Å². The Morgan fingerprint density at radius 3 is 2.47 bits per heavy atom. The molecule has 6 nitrogen and oxygen atoms in total. The summed E-state index contributed by atoms with van der Waals surface area (Å²) in [6, 6.07) is 0.0962. The van der Waals surface area contributed by atoms with Gasteiger partial charge in [-0.2, -0.15) is 0 Å². The Balaban J connectivity index is 1.82. The van der Waals surface area contributed by atoms with Crippen LogP contribution in [0.1, 0.15) is 12.8 Å². The Morgan fingerprint density at radius 1 is 1.11 bits per heavy atom. The zero-order valence-electron chi connectivity index (χ0n) is 11.6. The van der Waals surface area contributed by atoms with Crippen molar-refractivity contribution < 1.29 is 22.6 Å². The molecule has 0 spiro atoms. The molecule has 0 aromatic carbocycles. The quantitative estimate of drug-likeness (QED) is 0.534. The molecule has 0 aromatic heterocycles. The fraction of sp³-hybridized carbons (Fsp3) is 1.00. The van der Waals surface area contributed by atoms with Gasteiger partial charge in [-0.15, -0.1) is 0 Å². The third-order valence-electron chi connectivity index (χ3n) is 2.92. The molecule has 1 atom stereocenters. The Bertz CT molecular complexity index is 320. The molecule has 1 aliphatic rings. The fourth-order valence-electron chi connectivity index (χ4n) is 1.92. The van der Waals surface area contributed by atoms with Gasteiger partial charge in [0.05, 0.1) is 31.3 Å². The highest BCUT2D eigenvalue weighted by Gasteiger charge is 2.26. The van der Waals surface area contributed by atoms with Crippen molar-refractivity contribution in [3.8, 4) is 0 Å². The minimum atomic E-state index is -2.79.